The molecular weight excluding hydrogens is 305 g/mol. The Morgan fingerprint density at radius 3 is 2.55 bits per heavy atom. The number of likely N-dealkylation sites (N-methyl/N-ethyl adjacent to an activating group) is 1. The Morgan fingerprint density at radius 2 is 1.95 bits per heavy atom. The number of carbonyl (C=O) groups excluding carboxylic acids is 1. The van der Waals surface area contributed by atoms with Crippen molar-refractivity contribution in [3.05, 3.63) is 29.8 Å². The molecule has 1 aromatic rings. The van der Waals surface area contributed by atoms with Gasteiger partial charge >= 0.3 is 12.3 Å². The first-order chi connectivity index (χ1) is 10.2. The summed E-state index contributed by atoms with van der Waals surface area (Å²) in [5.41, 5.74) is 0.258. The van der Waals surface area contributed by atoms with Gasteiger partial charge in [0.05, 0.1) is 6.54 Å². The van der Waals surface area contributed by atoms with Gasteiger partial charge in [-0.1, -0.05) is 18.2 Å². The molecule has 0 aliphatic rings. The van der Waals surface area contributed by atoms with E-state index in [1.165, 1.54) is 30.1 Å². The molecule has 1 rings (SSSR count). The highest BCUT2D eigenvalue weighted by Gasteiger charge is 2.32. The number of hydrogen-bond donors (Lipinski definition) is 2. The number of nitrogens with zero attached hydrogens (tertiary/aromatic N) is 1. The maximum Gasteiger partial charge on any atom is 0.573 e. The third-order valence-corrected chi connectivity index (χ3v) is 2.49. The van der Waals surface area contributed by atoms with Crippen LogP contribution in [0.25, 0.3) is 0 Å². The highest BCUT2D eigenvalue weighted by atomic mass is 19.4. The second-order valence-corrected chi connectivity index (χ2v) is 4.50. The highest BCUT2D eigenvalue weighted by Crippen LogP contribution is 2.26. The Labute approximate surface area is 124 Å². The molecule has 122 valence electrons. The van der Waals surface area contributed by atoms with Crippen LogP contribution in [0.3, 0.4) is 0 Å². The van der Waals surface area contributed by atoms with Gasteiger partial charge in [-0.2, -0.15) is 0 Å². The second kappa shape index (κ2) is 7.64. The van der Waals surface area contributed by atoms with E-state index in [-0.39, 0.29) is 24.4 Å². The summed E-state index contributed by atoms with van der Waals surface area (Å²) in [6.07, 6.45) is -4.80. The van der Waals surface area contributed by atoms with Crippen LogP contribution in [0.15, 0.2) is 24.3 Å². The quantitative estimate of drug-likeness (QED) is 0.790. The standard InChI is InChI=1S/C13H15F3N2O4/c1-18(8-11(19)17-6-12(20)21)7-9-4-2-3-5-10(9)22-13(14,15)16/h2-5H,6-8H2,1H3,(H,17,19)(H,20,21). The molecule has 22 heavy (non-hydrogen) atoms. The fourth-order valence-electron chi connectivity index (χ4n) is 1.68. The molecule has 0 aliphatic carbocycles. The van der Waals surface area contributed by atoms with Crippen molar-refractivity contribution in [2.75, 3.05) is 20.1 Å². The molecular formula is C13H15F3N2O4. The lowest BCUT2D eigenvalue weighted by molar-refractivity contribution is -0.275. The molecule has 0 spiro atoms. The summed E-state index contributed by atoms with van der Waals surface area (Å²) in [4.78, 5) is 23.2. The molecule has 6 nitrogen and oxygen atoms in total. The van der Waals surface area contributed by atoms with Crippen molar-refractivity contribution in [2.24, 2.45) is 0 Å². The summed E-state index contributed by atoms with van der Waals surface area (Å²) in [5, 5.41) is 10.6. The second-order valence-electron chi connectivity index (χ2n) is 4.50. The molecule has 0 atom stereocenters. The smallest absolute Gasteiger partial charge is 0.480 e. The van der Waals surface area contributed by atoms with E-state index in [0.717, 1.165) is 0 Å². The lowest BCUT2D eigenvalue weighted by Crippen LogP contribution is -2.37. The van der Waals surface area contributed by atoms with E-state index < -0.39 is 24.8 Å². The number of alkyl halides is 3. The number of carboxylic acid groups (broad SMARTS) is 1. The van der Waals surface area contributed by atoms with Crippen LogP contribution in [0.2, 0.25) is 0 Å². The van der Waals surface area contributed by atoms with Gasteiger partial charge in [0, 0.05) is 12.1 Å². The number of rotatable bonds is 7. The Balaban J connectivity index is 2.62. The molecule has 0 bridgehead atoms. The van der Waals surface area contributed by atoms with Crippen LogP contribution in [0, 0.1) is 0 Å². The SMILES string of the molecule is CN(CC(=O)NCC(=O)O)Cc1ccccc1OC(F)(F)F. The summed E-state index contributed by atoms with van der Waals surface area (Å²) in [6.45, 7) is -0.638. The number of carboxylic acids is 1. The molecule has 0 saturated carbocycles. The van der Waals surface area contributed by atoms with Crippen LogP contribution in [0.4, 0.5) is 13.2 Å². The van der Waals surface area contributed by atoms with E-state index in [1.807, 2.05) is 0 Å². The third-order valence-electron chi connectivity index (χ3n) is 2.49. The minimum Gasteiger partial charge on any atom is -0.480 e. The Kier molecular flexibility index (Phi) is 6.17. The molecule has 0 fully saturated rings. The number of hydrogen-bond acceptors (Lipinski definition) is 4. The van der Waals surface area contributed by atoms with Crippen LogP contribution in [-0.2, 0) is 16.1 Å². The Morgan fingerprint density at radius 1 is 1.32 bits per heavy atom. The average Bonchev–Trinajstić information content (AvgIpc) is 2.37. The number of nitrogens with one attached hydrogen (secondary N) is 1. The maximum atomic E-state index is 12.3. The van der Waals surface area contributed by atoms with Crippen LogP contribution >= 0.6 is 0 Å². The molecule has 0 saturated heterocycles. The van der Waals surface area contributed by atoms with Gasteiger partial charge in [-0.05, 0) is 13.1 Å². The number of para-hydroxylation sites is 1. The van der Waals surface area contributed by atoms with Gasteiger partial charge in [0.25, 0.3) is 0 Å². The van der Waals surface area contributed by atoms with Crippen molar-refractivity contribution in [2.45, 2.75) is 12.9 Å². The van der Waals surface area contributed by atoms with Gasteiger partial charge in [-0.3, -0.25) is 14.5 Å². The summed E-state index contributed by atoms with van der Waals surface area (Å²) in [7, 11) is 1.52. The zero-order valence-corrected chi connectivity index (χ0v) is 11.7. The van der Waals surface area contributed by atoms with E-state index in [4.69, 9.17) is 5.11 Å². The minimum atomic E-state index is -4.80. The van der Waals surface area contributed by atoms with Crippen LogP contribution in [0.1, 0.15) is 5.56 Å². The lowest BCUT2D eigenvalue weighted by atomic mass is 10.2. The number of halogens is 3. The largest absolute Gasteiger partial charge is 0.573 e. The Hall–Kier alpha value is -2.29. The highest BCUT2D eigenvalue weighted by molar-refractivity contribution is 5.82. The van der Waals surface area contributed by atoms with Crippen molar-refractivity contribution in [3.8, 4) is 5.75 Å². The van der Waals surface area contributed by atoms with Crippen LogP contribution in [-0.4, -0.2) is 48.4 Å². The monoisotopic (exact) mass is 320 g/mol. The molecule has 9 heteroatoms. The van der Waals surface area contributed by atoms with E-state index in [0.29, 0.717) is 0 Å². The first-order valence-electron chi connectivity index (χ1n) is 6.18. The van der Waals surface area contributed by atoms with Crippen molar-refractivity contribution in [1.29, 1.82) is 0 Å². The predicted molar refractivity (Wildman–Crippen MR) is 70.1 cm³/mol. The lowest BCUT2D eigenvalue weighted by Gasteiger charge is -2.19. The number of carbonyl (C=O) groups is 2. The topological polar surface area (TPSA) is 78.9 Å². The maximum absolute atomic E-state index is 12.3. The Bertz CT molecular complexity index is 534. The molecule has 0 unspecified atom stereocenters. The van der Waals surface area contributed by atoms with Crippen molar-refractivity contribution < 1.29 is 32.6 Å². The van der Waals surface area contributed by atoms with E-state index >= 15 is 0 Å². The molecule has 0 radical (unpaired) electrons. The van der Waals surface area contributed by atoms with Crippen molar-refractivity contribution >= 4 is 11.9 Å². The zero-order valence-electron chi connectivity index (χ0n) is 11.7. The van der Waals surface area contributed by atoms with Gasteiger partial charge in [0.1, 0.15) is 12.3 Å². The van der Waals surface area contributed by atoms with Gasteiger partial charge in [-0.15, -0.1) is 13.2 Å². The number of aliphatic carboxylic acids is 1. The van der Waals surface area contributed by atoms with Gasteiger partial charge in [-0.25, -0.2) is 0 Å². The van der Waals surface area contributed by atoms with Crippen LogP contribution in [0.5, 0.6) is 5.75 Å². The number of ether oxygens (including phenoxy) is 1. The van der Waals surface area contributed by atoms with Gasteiger partial charge in [0.2, 0.25) is 5.91 Å². The normalized spacial score (nSPS) is 11.3. The van der Waals surface area contributed by atoms with E-state index in [1.54, 1.807) is 6.07 Å². The summed E-state index contributed by atoms with van der Waals surface area (Å²) in [5.74, 6) is -2.06. The minimum absolute atomic E-state index is 0.0345. The molecule has 0 aliphatic heterocycles. The first kappa shape index (κ1) is 17.8. The average molecular weight is 320 g/mol. The molecule has 1 aromatic carbocycles. The third kappa shape index (κ3) is 6.93. The van der Waals surface area contributed by atoms with Gasteiger partial charge < -0.3 is 15.2 Å². The van der Waals surface area contributed by atoms with Gasteiger partial charge in [0.15, 0.2) is 0 Å². The number of benzene rings is 1. The summed E-state index contributed by atoms with van der Waals surface area (Å²) < 4.78 is 40.8. The molecule has 2 N–H and O–H groups in total. The van der Waals surface area contributed by atoms with Crippen molar-refractivity contribution in [1.82, 2.24) is 10.2 Å². The molecule has 0 aromatic heterocycles. The molecule has 0 heterocycles. The fourth-order valence-corrected chi connectivity index (χ4v) is 1.68. The van der Waals surface area contributed by atoms with E-state index in [9.17, 15) is 22.8 Å². The summed E-state index contributed by atoms with van der Waals surface area (Å²) in [6, 6.07) is 5.59. The fraction of sp³-hybridized carbons (Fsp3) is 0.385. The molecule has 1 amide bonds. The first-order valence-corrected chi connectivity index (χ1v) is 6.18. The predicted octanol–water partition coefficient (Wildman–Crippen LogP) is 1.22. The van der Waals surface area contributed by atoms with Crippen LogP contribution < -0.4 is 10.1 Å². The number of amides is 1. The zero-order chi connectivity index (χ0) is 16.8. The van der Waals surface area contributed by atoms with Crippen molar-refractivity contribution in [3.63, 3.8) is 0 Å². The summed E-state index contributed by atoms with van der Waals surface area (Å²) >= 11 is 0. The van der Waals surface area contributed by atoms with E-state index in [2.05, 4.69) is 10.1 Å².